The van der Waals surface area contributed by atoms with Gasteiger partial charge in [0.25, 0.3) is 0 Å². The monoisotopic (exact) mass is 478 g/mol. The standard InChI is InChI=1S/C16H30O16/c1-3-5(19)7(21)11(25)15(31-3)32-14(28)13(27)16(29,30)12(26)10(24)9(23)8(22)6(20)4(18)2-17/h3-13,15,17-27,29-30H,2H2,1H3/t3-,4?,5-,6?,7+,8?,9?,10?,11+,12?,13?,15-/m0/s1. The van der Waals surface area contributed by atoms with Gasteiger partial charge in [0.2, 0.25) is 18.2 Å². The van der Waals surface area contributed by atoms with Crippen molar-refractivity contribution >= 4 is 5.97 Å². The Labute approximate surface area is 180 Å². The van der Waals surface area contributed by atoms with E-state index in [1.807, 2.05) is 0 Å². The Bertz CT molecular complexity index is 603. The predicted molar refractivity (Wildman–Crippen MR) is 94.7 cm³/mol. The average Bonchev–Trinajstić information content (AvgIpc) is 2.77. The van der Waals surface area contributed by atoms with Gasteiger partial charge >= 0.3 is 5.97 Å². The fourth-order valence-corrected chi connectivity index (χ4v) is 2.80. The Morgan fingerprint density at radius 1 is 0.875 bits per heavy atom. The molecule has 0 amide bonds. The van der Waals surface area contributed by atoms with Crippen LogP contribution in [0.2, 0.25) is 0 Å². The van der Waals surface area contributed by atoms with E-state index in [4.69, 9.17) is 9.84 Å². The SMILES string of the molecule is C[C@@H]1O[C@@H](OC(=O)C(O)C(O)(O)C(O)C(O)C(O)C(O)C(O)C(O)CO)[C@H](O)[C@H](O)[C@H]1O. The van der Waals surface area contributed by atoms with Gasteiger partial charge in [-0.05, 0) is 6.92 Å². The molecule has 0 radical (unpaired) electrons. The summed E-state index contributed by atoms with van der Waals surface area (Å²) in [6.45, 7) is 0.159. The van der Waals surface area contributed by atoms with E-state index < -0.39 is 91.8 Å². The zero-order valence-electron chi connectivity index (χ0n) is 16.7. The van der Waals surface area contributed by atoms with E-state index in [0.29, 0.717) is 0 Å². The molecular formula is C16H30O16. The van der Waals surface area contributed by atoms with Crippen molar-refractivity contribution in [2.75, 3.05) is 6.61 Å². The van der Waals surface area contributed by atoms with Gasteiger partial charge in [0.05, 0.1) is 12.7 Å². The lowest BCUT2D eigenvalue weighted by Crippen LogP contribution is -2.64. The maximum absolute atomic E-state index is 12.0. The molecule has 0 aromatic heterocycles. The van der Waals surface area contributed by atoms with Crippen molar-refractivity contribution in [1.82, 2.24) is 0 Å². The van der Waals surface area contributed by atoms with E-state index in [-0.39, 0.29) is 0 Å². The number of carbonyl (C=O) groups is 1. The van der Waals surface area contributed by atoms with Gasteiger partial charge in [0.15, 0.2) is 0 Å². The van der Waals surface area contributed by atoms with E-state index >= 15 is 0 Å². The zero-order chi connectivity index (χ0) is 25.1. The van der Waals surface area contributed by atoms with Crippen LogP contribution in [0, 0.1) is 0 Å². The molecular weight excluding hydrogens is 448 g/mol. The summed E-state index contributed by atoms with van der Waals surface area (Å²) in [5.74, 6) is -5.91. The van der Waals surface area contributed by atoms with Crippen molar-refractivity contribution in [1.29, 1.82) is 0 Å². The maximum Gasteiger partial charge on any atom is 0.343 e. The van der Waals surface area contributed by atoms with Crippen molar-refractivity contribution in [3.05, 3.63) is 0 Å². The third-order valence-electron chi connectivity index (χ3n) is 5.06. The Morgan fingerprint density at radius 2 is 1.38 bits per heavy atom. The molecule has 32 heavy (non-hydrogen) atoms. The summed E-state index contributed by atoms with van der Waals surface area (Å²) in [6, 6.07) is 0. The van der Waals surface area contributed by atoms with Crippen LogP contribution < -0.4 is 0 Å². The normalized spacial score (nSPS) is 33.5. The average molecular weight is 478 g/mol. The third kappa shape index (κ3) is 6.07. The minimum Gasteiger partial charge on any atom is -0.431 e. The molecule has 7 unspecified atom stereocenters. The molecule has 12 atom stereocenters. The van der Waals surface area contributed by atoms with E-state index in [1.54, 1.807) is 0 Å². The zero-order valence-corrected chi connectivity index (χ0v) is 16.7. The summed E-state index contributed by atoms with van der Waals surface area (Å²) in [5.41, 5.74) is 0. The summed E-state index contributed by atoms with van der Waals surface area (Å²) in [5, 5.41) is 125. The Hall–Kier alpha value is -1.09. The molecule has 1 saturated heterocycles. The molecule has 0 aliphatic carbocycles. The fourth-order valence-electron chi connectivity index (χ4n) is 2.80. The van der Waals surface area contributed by atoms with Gasteiger partial charge in [-0.1, -0.05) is 0 Å². The van der Waals surface area contributed by atoms with Crippen molar-refractivity contribution in [3.8, 4) is 0 Å². The first kappa shape index (κ1) is 28.9. The Morgan fingerprint density at radius 3 is 1.88 bits per heavy atom. The first-order chi connectivity index (χ1) is 14.6. The molecule has 16 heteroatoms. The number of aliphatic hydroxyl groups excluding tert-OH is 11. The minimum atomic E-state index is -3.96. The Balaban J connectivity index is 2.88. The molecule has 13 N–H and O–H groups in total. The smallest absolute Gasteiger partial charge is 0.343 e. The number of esters is 1. The van der Waals surface area contributed by atoms with Crippen LogP contribution in [0.1, 0.15) is 6.92 Å². The van der Waals surface area contributed by atoms with Gasteiger partial charge in [-0.25, -0.2) is 4.79 Å². The van der Waals surface area contributed by atoms with Crippen molar-refractivity contribution < 1.29 is 80.7 Å². The molecule has 0 saturated carbocycles. The van der Waals surface area contributed by atoms with Crippen molar-refractivity contribution in [2.24, 2.45) is 0 Å². The highest BCUT2D eigenvalue weighted by Crippen LogP contribution is 2.25. The summed E-state index contributed by atoms with van der Waals surface area (Å²) >= 11 is 0. The molecule has 16 nitrogen and oxygen atoms in total. The summed E-state index contributed by atoms with van der Waals surface area (Å²) in [6.07, 6.45) is -26.7. The highest BCUT2D eigenvalue weighted by molar-refractivity contribution is 5.76. The second-order valence-corrected chi connectivity index (χ2v) is 7.46. The second-order valence-electron chi connectivity index (χ2n) is 7.46. The van der Waals surface area contributed by atoms with Crippen LogP contribution in [-0.2, 0) is 14.3 Å². The molecule has 1 aliphatic heterocycles. The number of hydrogen-bond acceptors (Lipinski definition) is 16. The van der Waals surface area contributed by atoms with E-state index in [1.165, 1.54) is 6.92 Å². The van der Waals surface area contributed by atoms with E-state index in [0.717, 1.165) is 0 Å². The van der Waals surface area contributed by atoms with Crippen LogP contribution in [0.15, 0.2) is 0 Å². The van der Waals surface area contributed by atoms with Crippen LogP contribution in [-0.4, -0.2) is 158 Å². The molecule has 190 valence electrons. The van der Waals surface area contributed by atoms with Crippen LogP contribution in [0.25, 0.3) is 0 Å². The lowest BCUT2D eigenvalue weighted by atomic mass is 9.91. The molecule has 1 fully saturated rings. The molecule has 1 heterocycles. The first-order valence-corrected chi connectivity index (χ1v) is 9.31. The molecule has 1 rings (SSSR count). The van der Waals surface area contributed by atoms with E-state index in [2.05, 4.69) is 4.74 Å². The van der Waals surface area contributed by atoms with Gasteiger partial charge in [-0.3, -0.25) is 0 Å². The number of hydrogen-bond donors (Lipinski definition) is 13. The summed E-state index contributed by atoms with van der Waals surface area (Å²) in [7, 11) is 0. The van der Waals surface area contributed by atoms with Crippen LogP contribution in [0.4, 0.5) is 0 Å². The molecule has 0 bridgehead atoms. The number of aliphatic hydroxyl groups is 13. The van der Waals surface area contributed by atoms with Gasteiger partial charge in [-0.2, -0.15) is 0 Å². The lowest BCUT2D eigenvalue weighted by molar-refractivity contribution is -0.314. The summed E-state index contributed by atoms with van der Waals surface area (Å²) in [4.78, 5) is 12.0. The topological polar surface area (TPSA) is 299 Å². The molecule has 0 aromatic rings. The molecule has 0 aromatic carbocycles. The molecule has 0 spiro atoms. The van der Waals surface area contributed by atoms with Crippen molar-refractivity contribution in [2.45, 2.75) is 86.1 Å². The highest BCUT2D eigenvalue weighted by Gasteiger charge is 2.53. The van der Waals surface area contributed by atoms with Crippen LogP contribution >= 0.6 is 0 Å². The van der Waals surface area contributed by atoms with Gasteiger partial charge in [-0.15, -0.1) is 0 Å². The number of ether oxygens (including phenoxy) is 2. The molecule has 1 aliphatic rings. The van der Waals surface area contributed by atoms with Crippen molar-refractivity contribution in [3.63, 3.8) is 0 Å². The largest absolute Gasteiger partial charge is 0.431 e. The minimum absolute atomic E-state index is 1.07. The van der Waals surface area contributed by atoms with Gasteiger partial charge in [0, 0.05) is 0 Å². The first-order valence-electron chi connectivity index (χ1n) is 9.31. The second kappa shape index (κ2) is 11.4. The van der Waals surface area contributed by atoms with Gasteiger partial charge in [0.1, 0.15) is 54.9 Å². The quantitative estimate of drug-likeness (QED) is 0.102. The fraction of sp³-hybridized carbons (Fsp3) is 0.938. The van der Waals surface area contributed by atoms with Crippen LogP contribution in [0.5, 0.6) is 0 Å². The van der Waals surface area contributed by atoms with Gasteiger partial charge < -0.3 is 75.9 Å². The maximum atomic E-state index is 12.0. The third-order valence-corrected chi connectivity index (χ3v) is 5.06. The van der Waals surface area contributed by atoms with Crippen LogP contribution in [0.3, 0.4) is 0 Å². The number of rotatable bonds is 10. The Kier molecular flexibility index (Phi) is 10.3. The van der Waals surface area contributed by atoms with E-state index in [9.17, 15) is 66.1 Å². The summed E-state index contributed by atoms with van der Waals surface area (Å²) < 4.78 is 9.42. The predicted octanol–water partition coefficient (Wildman–Crippen LogP) is -8.44. The number of carbonyl (C=O) groups excluding carboxylic acids is 1. The lowest BCUT2D eigenvalue weighted by Gasteiger charge is -2.40. The highest BCUT2D eigenvalue weighted by atomic mass is 16.7.